The van der Waals surface area contributed by atoms with Crippen LogP contribution in [0.4, 0.5) is 16.0 Å². The minimum Gasteiger partial charge on any atom is -0.454 e. The number of fused-ring (bicyclic) bond motifs is 1. The quantitative estimate of drug-likeness (QED) is 0.722. The van der Waals surface area contributed by atoms with E-state index in [-0.39, 0.29) is 30.2 Å². The van der Waals surface area contributed by atoms with Crippen molar-refractivity contribution in [3.63, 3.8) is 0 Å². The minimum absolute atomic E-state index is 0.199. The Balaban J connectivity index is 1.41. The number of amides is 1. The Labute approximate surface area is 154 Å². The number of hydrogen-bond donors (Lipinski definition) is 2. The predicted molar refractivity (Wildman–Crippen MR) is 95.4 cm³/mol. The highest BCUT2D eigenvalue weighted by atomic mass is 19.1. The number of aromatic nitrogens is 2. The first-order valence-corrected chi connectivity index (χ1v) is 8.20. The molecular weight excluding hydrogens is 351 g/mol. The number of halogens is 1. The zero-order valence-corrected chi connectivity index (χ0v) is 14.1. The maximum absolute atomic E-state index is 13.3. The van der Waals surface area contributed by atoms with Crippen LogP contribution < -0.4 is 20.1 Å². The molecule has 136 valence electrons. The van der Waals surface area contributed by atoms with Gasteiger partial charge in [-0.05, 0) is 42.0 Å². The zero-order chi connectivity index (χ0) is 18.6. The van der Waals surface area contributed by atoms with Crippen molar-refractivity contribution in [1.82, 2.24) is 15.3 Å². The number of nitrogens with one attached hydrogen (secondary N) is 2. The molecule has 2 aromatic carbocycles. The van der Waals surface area contributed by atoms with Crippen molar-refractivity contribution < 1.29 is 18.7 Å². The molecule has 0 radical (unpaired) electrons. The first-order chi connectivity index (χ1) is 13.2. The summed E-state index contributed by atoms with van der Waals surface area (Å²) in [7, 11) is 0. The third-order valence-electron chi connectivity index (χ3n) is 3.86. The van der Waals surface area contributed by atoms with Gasteiger partial charge in [0.1, 0.15) is 11.5 Å². The van der Waals surface area contributed by atoms with Crippen LogP contribution in [0.2, 0.25) is 0 Å². The Morgan fingerprint density at radius 1 is 1.11 bits per heavy atom. The third-order valence-corrected chi connectivity index (χ3v) is 3.86. The van der Waals surface area contributed by atoms with Crippen LogP contribution in [0.1, 0.15) is 16.1 Å². The maximum atomic E-state index is 13.3. The molecule has 8 heteroatoms. The van der Waals surface area contributed by atoms with E-state index >= 15 is 0 Å². The first kappa shape index (κ1) is 16.8. The molecule has 7 nitrogen and oxygen atoms in total. The summed E-state index contributed by atoms with van der Waals surface area (Å²) in [5.41, 5.74) is 1.57. The van der Waals surface area contributed by atoms with Crippen LogP contribution in [0.3, 0.4) is 0 Å². The fourth-order valence-electron chi connectivity index (χ4n) is 2.56. The van der Waals surface area contributed by atoms with Gasteiger partial charge in [0.25, 0.3) is 5.91 Å². The van der Waals surface area contributed by atoms with Gasteiger partial charge >= 0.3 is 0 Å². The summed E-state index contributed by atoms with van der Waals surface area (Å²) in [4.78, 5) is 20.6. The van der Waals surface area contributed by atoms with E-state index in [1.165, 1.54) is 24.4 Å². The largest absolute Gasteiger partial charge is 0.454 e. The Hall–Kier alpha value is -3.68. The Morgan fingerprint density at radius 2 is 2.00 bits per heavy atom. The smallest absolute Gasteiger partial charge is 0.270 e. The van der Waals surface area contributed by atoms with Gasteiger partial charge in [-0.3, -0.25) is 4.79 Å². The van der Waals surface area contributed by atoms with Crippen molar-refractivity contribution in [3.05, 3.63) is 71.8 Å². The molecule has 1 aliphatic heterocycles. The lowest BCUT2D eigenvalue weighted by atomic mass is 10.2. The van der Waals surface area contributed by atoms with Crippen molar-refractivity contribution in [2.45, 2.75) is 6.54 Å². The number of anilines is 2. The van der Waals surface area contributed by atoms with E-state index in [4.69, 9.17) is 9.47 Å². The summed E-state index contributed by atoms with van der Waals surface area (Å²) in [6.45, 7) is 0.513. The van der Waals surface area contributed by atoms with E-state index in [0.717, 1.165) is 5.56 Å². The fourth-order valence-corrected chi connectivity index (χ4v) is 2.56. The zero-order valence-electron chi connectivity index (χ0n) is 14.1. The molecule has 4 rings (SSSR count). The summed E-state index contributed by atoms with van der Waals surface area (Å²) >= 11 is 0. The highest BCUT2D eigenvalue weighted by Gasteiger charge is 2.14. The van der Waals surface area contributed by atoms with Crippen LogP contribution >= 0.6 is 0 Å². The van der Waals surface area contributed by atoms with Crippen molar-refractivity contribution in [3.8, 4) is 11.5 Å². The molecule has 0 unspecified atom stereocenters. The molecule has 27 heavy (non-hydrogen) atoms. The van der Waals surface area contributed by atoms with Crippen LogP contribution in [0, 0.1) is 5.82 Å². The second-order valence-electron chi connectivity index (χ2n) is 5.77. The van der Waals surface area contributed by atoms with Crippen LogP contribution in [-0.4, -0.2) is 22.7 Å². The lowest BCUT2D eigenvalue weighted by Gasteiger charge is -2.08. The molecule has 0 fully saturated rings. The van der Waals surface area contributed by atoms with E-state index < -0.39 is 0 Å². The fraction of sp³-hybridized carbons (Fsp3) is 0.105. The molecule has 0 saturated carbocycles. The van der Waals surface area contributed by atoms with Crippen molar-refractivity contribution in [2.24, 2.45) is 0 Å². The second kappa shape index (κ2) is 7.28. The van der Waals surface area contributed by atoms with Gasteiger partial charge in [0.05, 0.1) is 0 Å². The summed E-state index contributed by atoms with van der Waals surface area (Å²) in [6.07, 6.45) is 1.46. The van der Waals surface area contributed by atoms with E-state index in [9.17, 15) is 9.18 Å². The molecule has 0 aliphatic carbocycles. The maximum Gasteiger partial charge on any atom is 0.270 e. The molecular formula is C19H15FN4O3. The molecule has 3 aromatic rings. The second-order valence-corrected chi connectivity index (χ2v) is 5.77. The summed E-state index contributed by atoms with van der Waals surface area (Å²) in [6, 6.07) is 12.9. The SMILES string of the molecule is O=C(NCc1ccc2c(c1)OCO2)c1ccnc(Nc2cccc(F)c2)n1. The molecule has 1 aliphatic rings. The lowest BCUT2D eigenvalue weighted by Crippen LogP contribution is -2.24. The molecule has 0 saturated heterocycles. The van der Waals surface area contributed by atoms with E-state index in [1.807, 2.05) is 12.1 Å². The molecule has 1 aromatic heterocycles. The van der Waals surface area contributed by atoms with Crippen molar-refractivity contribution >= 4 is 17.5 Å². The van der Waals surface area contributed by atoms with Gasteiger partial charge in [0, 0.05) is 18.4 Å². The Morgan fingerprint density at radius 3 is 2.89 bits per heavy atom. The van der Waals surface area contributed by atoms with Gasteiger partial charge in [-0.25, -0.2) is 14.4 Å². The van der Waals surface area contributed by atoms with Crippen molar-refractivity contribution in [1.29, 1.82) is 0 Å². The van der Waals surface area contributed by atoms with Crippen LogP contribution in [0.15, 0.2) is 54.7 Å². The minimum atomic E-state index is -0.377. The topological polar surface area (TPSA) is 85.4 Å². The average Bonchev–Trinajstić information content (AvgIpc) is 3.14. The highest BCUT2D eigenvalue weighted by molar-refractivity contribution is 5.92. The number of benzene rings is 2. The number of rotatable bonds is 5. The van der Waals surface area contributed by atoms with Crippen LogP contribution in [0.25, 0.3) is 0 Å². The van der Waals surface area contributed by atoms with Crippen LogP contribution in [0.5, 0.6) is 11.5 Å². The predicted octanol–water partition coefficient (Wildman–Crippen LogP) is 3.02. The number of hydrogen-bond acceptors (Lipinski definition) is 6. The van der Waals surface area contributed by atoms with Gasteiger partial charge in [-0.1, -0.05) is 12.1 Å². The number of nitrogens with zero attached hydrogens (tertiary/aromatic N) is 2. The van der Waals surface area contributed by atoms with E-state index in [2.05, 4.69) is 20.6 Å². The molecule has 1 amide bonds. The average molecular weight is 366 g/mol. The summed E-state index contributed by atoms with van der Waals surface area (Å²) in [5, 5.41) is 5.66. The van der Waals surface area contributed by atoms with Gasteiger partial charge in [0.15, 0.2) is 11.5 Å². The number of carbonyl (C=O) groups is 1. The van der Waals surface area contributed by atoms with E-state index in [0.29, 0.717) is 23.7 Å². The monoisotopic (exact) mass is 366 g/mol. The summed E-state index contributed by atoms with van der Waals surface area (Å²) < 4.78 is 23.8. The molecule has 0 bridgehead atoms. The van der Waals surface area contributed by atoms with Gasteiger partial charge in [0.2, 0.25) is 12.7 Å². The first-order valence-electron chi connectivity index (χ1n) is 8.20. The molecule has 0 atom stereocenters. The Kier molecular flexibility index (Phi) is 4.52. The lowest BCUT2D eigenvalue weighted by molar-refractivity contribution is 0.0946. The molecule has 0 spiro atoms. The number of carbonyl (C=O) groups excluding carboxylic acids is 1. The summed E-state index contributed by atoms with van der Waals surface area (Å²) in [5.74, 6) is 0.825. The van der Waals surface area contributed by atoms with Gasteiger partial charge < -0.3 is 20.1 Å². The van der Waals surface area contributed by atoms with Gasteiger partial charge in [-0.2, -0.15) is 0 Å². The highest BCUT2D eigenvalue weighted by Crippen LogP contribution is 2.32. The molecule has 2 heterocycles. The van der Waals surface area contributed by atoms with E-state index in [1.54, 1.807) is 18.2 Å². The standard InChI is InChI=1S/C19H15FN4O3/c20-13-2-1-3-14(9-13)23-19-21-7-6-15(24-19)18(25)22-10-12-4-5-16-17(8-12)27-11-26-16/h1-9H,10-11H2,(H,22,25)(H,21,23,24). The Bertz CT molecular complexity index is 996. The number of ether oxygens (including phenoxy) is 2. The van der Waals surface area contributed by atoms with Crippen LogP contribution in [-0.2, 0) is 6.54 Å². The molecule has 2 N–H and O–H groups in total. The third kappa shape index (κ3) is 3.95. The normalized spacial score (nSPS) is 11.9. The van der Waals surface area contributed by atoms with Gasteiger partial charge in [-0.15, -0.1) is 0 Å². The van der Waals surface area contributed by atoms with Crippen molar-refractivity contribution in [2.75, 3.05) is 12.1 Å².